The van der Waals surface area contributed by atoms with Crippen molar-refractivity contribution < 1.29 is 9.84 Å². The molecular weight excluding hydrogens is 394 g/mol. The first-order valence-corrected chi connectivity index (χ1v) is 10.5. The highest BCUT2D eigenvalue weighted by Gasteiger charge is 2.19. The Balaban J connectivity index is 1.68. The molecule has 0 unspecified atom stereocenters. The summed E-state index contributed by atoms with van der Waals surface area (Å²) in [5.41, 5.74) is 3.65. The Labute approximate surface area is 181 Å². The van der Waals surface area contributed by atoms with Crippen LogP contribution in [0.3, 0.4) is 0 Å². The molecule has 0 saturated heterocycles. The number of nitrogens with zero attached hydrogens (tertiary/aromatic N) is 5. The summed E-state index contributed by atoms with van der Waals surface area (Å²) in [5.74, 6) is 1.81. The Morgan fingerprint density at radius 1 is 1.26 bits per heavy atom. The van der Waals surface area contributed by atoms with Crippen LogP contribution < -0.4 is 15.4 Å². The minimum Gasteiger partial charge on any atom is -0.480 e. The molecule has 3 aromatic heterocycles. The van der Waals surface area contributed by atoms with E-state index in [0.717, 1.165) is 36.3 Å². The van der Waals surface area contributed by atoms with E-state index in [1.807, 2.05) is 19.9 Å². The Morgan fingerprint density at radius 3 is 2.84 bits per heavy atom. The van der Waals surface area contributed by atoms with E-state index in [4.69, 9.17) is 14.7 Å². The summed E-state index contributed by atoms with van der Waals surface area (Å²) in [6, 6.07) is 3.81. The van der Waals surface area contributed by atoms with E-state index in [1.54, 1.807) is 19.5 Å². The molecule has 3 N–H and O–H groups in total. The van der Waals surface area contributed by atoms with Crippen LogP contribution in [0, 0.1) is 5.92 Å². The maximum atomic E-state index is 9.69. The van der Waals surface area contributed by atoms with Crippen LogP contribution in [0.2, 0.25) is 0 Å². The zero-order valence-electron chi connectivity index (χ0n) is 18.4. The number of fused-ring (bicyclic) bond motifs is 2. The van der Waals surface area contributed by atoms with Crippen LogP contribution >= 0.6 is 0 Å². The first kappa shape index (κ1) is 21.2. The van der Waals surface area contributed by atoms with Crippen molar-refractivity contribution in [2.24, 2.45) is 5.92 Å². The highest BCUT2D eigenvalue weighted by atomic mass is 16.5. The minimum atomic E-state index is -0.119. The summed E-state index contributed by atoms with van der Waals surface area (Å²) in [4.78, 5) is 20.6. The molecule has 4 heterocycles. The summed E-state index contributed by atoms with van der Waals surface area (Å²) >= 11 is 0. The number of nitrogens with one attached hydrogen (secondary N) is 2. The number of ether oxygens (including phenoxy) is 1. The quantitative estimate of drug-likeness (QED) is 0.528. The molecule has 164 valence electrons. The van der Waals surface area contributed by atoms with Gasteiger partial charge in [-0.1, -0.05) is 13.8 Å². The lowest BCUT2D eigenvalue weighted by Gasteiger charge is -2.25. The van der Waals surface area contributed by atoms with Crippen LogP contribution in [0.25, 0.3) is 10.9 Å². The number of hydrogen-bond acceptors (Lipinski definition) is 9. The maximum absolute atomic E-state index is 9.69. The number of hydrogen-bond donors (Lipinski definition) is 3. The standard InChI is InChI=1S/C22H29N7O2/c1-13(2)18(12-30)25-20-19-14(5-7-23-20)10-24-22(28-19)27-17-9-15-11-29(3)8-6-16(15)26-21(17)31-4/h5,7,9-10,13,18,30H,6,8,11-12H2,1-4H3,(H,23,25)(H,24,27,28)/t18-/m1/s1. The molecule has 31 heavy (non-hydrogen) atoms. The van der Waals surface area contributed by atoms with Crippen molar-refractivity contribution in [2.75, 3.05) is 37.9 Å². The zero-order valence-corrected chi connectivity index (χ0v) is 18.4. The second-order valence-corrected chi connectivity index (χ2v) is 8.23. The van der Waals surface area contributed by atoms with Gasteiger partial charge in [-0.05, 0) is 30.7 Å². The predicted octanol–water partition coefficient (Wildman–Crippen LogP) is 2.59. The summed E-state index contributed by atoms with van der Waals surface area (Å²) in [7, 11) is 3.72. The number of aromatic nitrogens is 4. The lowest BCUT2D eigenvalue weighted by Crippen LogP contribution is -2.30. The van der Waals surface area contributed by atoms with E-state index < -0.39 is 0 Å². The first-order valence-electron chi connectivity index (χ1n) is 10.5. The van der Waals surface area contributed by atoms with Crippen LogP contribution in [0.5, 0.6) is 5.88 Å². The number of aliphatic hydroxyl groups is 1. The van der Waals surface area contributed by atoms with Crippen LogP contribution in [0.15, 0.2) is 24.5 Å². The molecule has 4 rings (SSSR count). The van der Waals surface area contributed by atoms with Crippen molar-refractivity contribution in [2.45, 2.75) is 32.9 Å². The highest BCUT2D eigenvalue weighted by Crippen LogP contribution is 2.30. The lowest BCUT2D eigenvalue weighted by molar-refractivity contribution is 0.249. The average Bonchev–Trinajstić information content (AvgIpc) is 2.76. The van der Waals surface area contributed by atoms with Crippen molar-refractivity contribution >= 4 is 28.4 Å². The Morgan fingerprint density at radius 2 is 2.10 bits per heavy atom. The first-order chi connectivity index (χ1) is 15.0. The fourth-order valence-corrected chi connectivity index (χ4v) is 3.68. The van der Waals surface area contributed by atoms with E-state index in [2.05, 4.69) is 38.6 Å². The van der Waals surface area contributed by atoms with Gasteiger partial charge in [-0.15, -0.1) is 0 Å². The summed E-state index contributed by atoms with van der Waals surface area (Å²) in [5, 5.41) is 17.1. The molecule has 0 amide bonds. The summed E-state index contributed by atoms with van der Waals surface area (Å²) < 4.78 is 5.52. The van der Waals surface area contributed by atoms with Gasteiger partial charge in [-0.3, -0.25) is 0 Å². The SMILES string of the molecule is COc1nc2c(cc1Nc1ncc3ccnc(N[C@H](CO)C(C)C)c3n1)CN(C)CC2. The van der Waals surface area contributed by atoms with Crippen molar-refractivity contribution in [3.05, 3.63) is 35.8 Å². The van der Waals surface area contributed by atoms with Gasteiger partial charge in [0.1, 0.15) is 11.2 Å². The van der Waals surface area contributed by atoms with Crippen LogP contribution in [-0.2, 0) is 13.0 Å². The Kier molecular flexibility index (Phi) is 6.15. The van der Waals surface area contributed by atoms with Gasteiger partial charge in [0.05, 0.1) is 25.5 Å². The van der Waals surface area contributed by atoms with Gasteiger partial charge in [-0.2, -0.15) is 0 Å². The smallest absolute Gasteiger partial charge is 0.237 e. The molecule has 0 fully saturated rings. The fraction of sp³-hybridized carbons (Fsp3) is 0.455. The molecule has 1 atom stereocenters. The molecule has 0 bridgehead atoms. The molecule has 0 aromatic carbocycles. The lowest BCUT2D eigenvalue weighted by atomic mass is 10.1. The second-order valence-electron chi connectivity index (χ2n) is 8.23. The second kappa shape index (κ2) is 8.99. The van der Waals surface area contributed by atoms with Crippen LogP contribution in [-0.4, -0.2) is 63.3 Å². The normalized spacial score (nSPS) is 15.0. The van der Waals surface area contributed by atoms with Crippen molar-refractivity contribution in [1.29, 1.82) is 0 Å². The molecule has 1 aliphatic heterocycles. The van der Waals surface area contributed by atoms with Gasteiger partial charge in [0, 0.05) is 37.3 Å². The molecule has 0 spiro atoms. The van der Waals surface area contributed by atoms with E-state index in [-0.39, 0.29) is 18.6 Å². The average molecular weight is 424 g/mol. The molecule has 0 saturated carbocycles. The summed E-state index contributed by atoms with van der Waals surface area (Å²) in [6.45, 7) is 5.94. The zero-order chi connectivity index (χ0) is 22.0. The van der Waals surface area contributed by atoms with Gasteiger partial charge >= 0.3 is 0 Å². The number of likely N-dealkylation sites (N-methyl/N-ethyl adjacent to an activating group) is 1. The molecule has 9 heteroatoms. The third-order valence-electron chi connectivity index (χ3n) is 5.59. The highest BCUT2D eigenvalue weighted by molar-refractivity contribution is 5.88. The van der Waals surface area contributed by atoms with Crippen LogP contribution in [0.4, 0.5) is 17.5 Å². The Bertz CT molecular complexity index is 1070. The number of aliphatic hydroxyl groups excluding tert-OH is 1. The molecule has 0 aliphatic carbocycles. The number of pyridine rings is 2. The van der Waals surface area contributed by atoms with Crippen LogP contribution in [0.1, 0.15) is 25.1 Å². The fourth-order valence-electron chi connectivity index (χ4n) is 3.68. The van der Waals surface area contributed by atoms with Crippen molar-refractivity contribution in [3.8, 4) is 5.88 Å². The largest absolute Gasteiger partial charge is 0.480 e. The molecule has 1 aliphatic rings. The van der Waals surface area contributed by atoms with Gasteiger partial charge < -0.3 is 25.4 Å². The van der Waals surface area contributed by atoms with E-state index in [0.29, 0.717) is 23.2 Å². The van der Waals surface area contributed by atoms with Gasteiger partial charge in [-0.25, -0.2) is 19.9 Å². The maximum Gasteiger partial charge on any atom is 0.237 e. The van der Waals surface area contributed by atoms with Gasteiger partial charge in [0.25, 0.3) is 0 Å². The number of anilines is 3. The van der Waals surface area contributed by atoms with Crippen molar-refractivity contribution in [3.63, 3.8) is 0 Å². The van der Waals surface area contributed by atoms with E-state index in [9.17, 15) is 5.11 Å². The number of methoxy groups -OCH3 is 1. The summed E-state index contributed by atoms with van der Waals surface area (Å²) in [6.07, 6.45) is 4.37. The molecule has 9 nitrogen and oxygen atoms in total. The van der Waals surface area contributed by atoms with E-state index in [1.165, 1.54) is 5.56 Å². The molecular formula is C22H29N7O2. The van der Waals surface area contributed by atoms with Gasteiger partial charge in [0.2, 0.25) is 11.8 Å². The third kappa shape index (κ3) is 4.52. The third-order valence-corrected chi connectivity index (χ3v) is 5.59. The predicted molar refractivity (Wildman–Crippen MR) is 121 cm³/mol. The van der Waals surface area contributed by atoms with Crippen molar-refractivity contribution in [1.82, 2.24) is 24.8 Å². The molecule has 3 aromatic rings. The number of rotatable bonds is 7. The van der Waals surface area contributed by atoms with Gasteiger partial charge in [0.15, 0.2) is 5.82 Å². The molecule has 0 radical (unpaired) electrons. The monoisotopic (exact) mass is 423 g/mol. The Hall–Kier alpha value is -3.04. The van der Waals surface area contributed by atoms with E-state index >= 15 is 0 Å². The topological polar surface area (TPSA) is 108 Å². The minimum absolute atomic E-state index is 0.0123.